The number of carbonyl (C=O) groups is 2. The van der Waals surface area contributed by atoms with Crippen LogP contribution in [0.3, 0.4) is 0 Å². The van der Waals surface area contributed by atoms with Crippen LogP contribution in [0.1, 0.15) is 36.0 Å². The number of amides is 2. The highest BCUT2D eigenvalue weighted by Gasteiger charge is 2.30. The van der Waals surface area contributed by atoms with Crippen molar-refractivity contribution < 1.29 is 9.59 Å². The first-order valence-corrected chi connectivity index (χ1v) is 10.4. The molecule has 1 N–H and O–H groups in total. The molecule has 2 saturated heterocycles. The molecule has 2 fully saturated rings. The van der Waals surface area contributed by atoms with Crippen LogP contribution in [0.5, 0.6) is 0 Å². The molecule has 2 aliphatic rings. The van der Waals surface area contributed by atoms with Gasteiger partial charge in [-0.25, -0.2) is 9.97 Å². The van der Waals surface area contributed by atoms with Crippen molar-refractivity contribution >= 4 is 35.1 Å². The quantitative estimate of drug-likeness (QED) is 0.832. The second-order valence-electron chi connectivity index (χ2n) is 7.49. The Labute approximate surface area is 175 Å². The van der Waals surface area contributed by atoms with Crippen LogP contribution < -0.4 is 10.2 Å². The van der Waals surface area contributed by atoms with Gasteiger partial charge in [-0.1, -0.05) is 11.6 Å². The third-order valence-corrected chi connectivity index (χ3v) is 5.78. The molecule has 0 saturated carbocycles. The topological polar surface area (TPSA) is 78.4 Å². The molecule has 4 heterocycles. The van der Waals surface area contributed by atoms with Crippen LogP contribution in [-0.4, -0.2) is 52.9 Å². The number of pyridine rings is 2. The second kappa shape index (κ2) is 8.78. The SMILES string of the molecule is O=C(Nc1ccc(Cl)cn1)C1CCN(C(=O)c2cccnc2N2CCCC2)CC1. The van der Waals surface area contributed by atoms with E-state index in [1.54, 1.807) is 18.3 Å². The van der Waals surface area contributed by atoms with Crippen molar-refractivity contribution in [2.75, 3.05) is 36.4 Å². The number of halogens is 1. The van der Waals surface area contributed by atoms with Crippen LogP contribution >= 0.6 is 11.6 Å². The average molecular weight is 414 g/mol. The van der Waals surface area contributed by atoms with Gasteiger partial charge in [-0.15, -0.1) is 0 Å². The Morgan fingerprint density at radius 2 is 1.79 bits per heavy atom. The summed E-state index contributed by atoms with van der Waals surface area (Å²) in [6.45, 7) is 3.00. The van der Waals surface area contributed by atoms with Gasteiger partial charge in [0.25, 0.3) is 5.91 Å². The fourth-order valence-corrected chi connectivity index (χ4v) is 4.05. The molecule has 8 heteroatoms. The van der Waals surface area contributed by atoms with Gasteiger partial charge in [-0.2, -0.15) is 0 Å². The second-order valence-corrected chi connectivity index (χ2v) is 7.92. The number of nitrogens with one attached hydrogen (secondary N) is 1. The molecule has 2 aromatic heterocycles. The van der Waals surface area contributed by atoms with Gasteiger partial charge >= 0.3 is 0 Å². The Morgan fingerprint density at radius 1 is 1.03 bits per heavy atom. The summed E-state index contributed by atoms with van der Waals surface area (Å²) in [4.78, 5) is 38.2. The lowest BCUT2D eigenvalue weighted by Gasteiger charge is -2.32. The molecule has 2 amide bonds. The lowest BCUT2D eigenvalue weighted by molar-refractivity contribution is -0.121. The molecule has 4 rings (SSSR count). The molecule has 152 valence electrons. The van der Waals surface area contributed by atoms with Crippen molar-refractivity contribution in [2.24, 2.45) is 5.92 Å². The normalized spacial score (nSPS) is 17.4. The molecular formula is C21H24ClN5O2. The molecule has 0 spiro atoms. The maximum absolute atomic E-state index is 13.1. The first-order valence-electron chi connectivity index (χ1n) is 10.0. The van der Waals surface area contributed by atoms with E-state index in [1.807, 2.05) is 17.0 Å². The van der Waals surface area contributed by atoms with Crippen LogP contribution in [0.15, 0.2) is 36.7 Å². The minimum absolute atomic E-state index is 0.00164. The maximum atomic E-state index is 13.1. The van der Waals surface area contributed by atoms with Crippen LogP contribution in [0.4, 0.5) is 11.6 Å². The van der Waals surface area contributed by atoms with E-state index in [-0.39, 0.29) is 17.7 Å². The van der Waals surface area contributed by atoms with Gasteiger partial charge in [0.1, 0.15) is 11.6 Å². The molecule has 0 unspecified atom stereocenters. The number of hydrogen-bond donors (Lipinski definition) is 1. The first kappa shape index (κ1) is 19.6. The van der Waals surface area contributed by atoms with E-state index in [9.17, 15) is 9.59 Å². The minimum Gasteiger partial charge on any atom is -0.356 e. The van der Waals surface area contributed by atoms with E-state index in [0.29, 0.717) is 42.3 Å². The number of aromatic nitrogens is 2. The smallest absolute Gasteiger partial charge is 0.257 e. The molecule has 0 aromatic carbocycles. The summed E-state index contributed by atoms with van der Waals surface area (Å²) in [5, 5.41) is 3.36. The summed E-state index contributed by atoms with van der Waals surface area (Å²) in [5.74, 6) is 1.07. The standard InChI is InChI=1S/C21H24ClN5O2/c22-16-5-6-18(24-14-16)25-20(28)15-7-12-27(13-8-15)21(29)17-4-3-9-23-19(17)26-10-1-2-11-26/h3-6,9,14-15H,1-2,7-8,10-13H2,(H,24,25,28). The zero-order valence-electron chi connectivity index (χ0n) is 16.2. The molecular weight excluding hydrogens is 390 g/mol. The first-order chi connectivity index (χ1) is 14.1. The monoisotopic (exact) mass is 413 g/mol. The number of nitrogens with zero attached hydrogens (tertiary/aromatic N) is 4. The molecule has 0 bridgehead atoms. The Kier molecular flexibility index (Phi) is 5.94. The third-order valence-electron chi connectivity index (χ3n) is 5.55. The lowest BCUT2D eigenvalue weighted by atomic mass is 9.95. The van der Waals surface area contributed by atoms with E-state index < -0.39 is 0 Å². The van der Waals surface area contributed by atoms with Crippen LogP contribution in [0.2, 0.25) is 5.02 Å². The van der Waals surface area contributed by atoms with Gasteiger partial charge in [0.2, 0.25) is 5.91 Å². The number of likely N-dealkylation sites (tertiary alicyclic amines) is 1. The Hall–Kier alpha value is -2.67. The Bertz CT molecular complexity index is 875. The largest absolute Gasteiger partial charge is 0.356 e. The summed E-state index contributed by atoms with van der Waals surface area (Å²) in [7, 11) is 0. The highest BCUT2D eigenvalue weighted by molar-refractivity contribution is 6.30. The molecule has 0 atom stereocenters. The predicted octanol–water partition coefficient (Wildman–Crippen LogP) is 3.22. The maximum Gasteiger partial charge on any atom is 0.257 e. The van der Waals surface area contributed by atoms with E-state index in [4.69, 9.17) is 11.6 Å². The summed E-state index contributed by atoms with van der Waals surface area (Å²) in [6.07, 6.45) is 6.77. The van der Waals surface area contributed by atoms with E-state index in [1.165, 1.54) is 6.20 Å². The zero-order chi connectivity index (χ0) is 20.2. The predicted molar refractivity (Wildman–Crippen MR) is 112 cm³/mol. The van der Waals surface area contributed by atoms with Crippen LogP contribution in [0.25, 0.3) is 0 Å². The highest BCUT2D eigenvalue weighted by atomic mass is 35.5. The van der Waals surface area contributed by atoms with E-state index in [0.717, 1.165) is 31.7 Å². The molecule has 2 aliphatic heterocycles. The number of rotatable bonds is 4. The number of carbonyl (C=O) groups excluding carboxylic acids is 2. The average Bonchev–Trinajstić information content (AvgIpc) is 3.30. The van der Waals surface area contributed by atoms with Crippen LogP contribution in [-0.2, 0) is 4.79 Å². The van der Waals surface area contributed by atoms with Gasteiger partial charge < -0.3 is 15.1 Å². The lowest BCUT2D eigenvalue weighted by Crippen LogP contribution is -2.42. The third kappa shape index (κ3) is 4.50. The van der Waals surface area contributed by atoms with Gasteiger partial charge in [0.15, 0.2) is 0 Å². The summed E-state index contributed by atoms with van der Waals surface area (Å²) in [6, 6.07) is 7.04. The van der Waals surface area contributed by atoms with Crippen molar-refractivity contribution in [1.29, 1.82) is 0 Å². The number of piperidine rings is 1. The van der Waals surface area contributed by atoms with Crippen molar-refractivity contribution in [3.63, 3.8) is 0 Å². The summed E-state index contributed by atoms with van der Waals surface area (Å²) >= 11 is 5.83. The van der Waals surface area contributed by atoms with E-state index in [2.05, 4.69) is 20.2 Å². The van der Waals surface area contributed by atoms with Crippen molar-refractivity contribution in [3.05, 3.63) is 47.2 Å². The van der Waals surface area contributed by atoms with Crippen molar-refractivity contribution in [1.82, 2.24) is 14.9 Å². The highest BCUT2D eigenvalue weighted by Crippen LogP contribution is 2.26. The molecule has 2 aromatic rings. The van der Waals surface area contributed by atoms with Gasteiger partial charge in [0, 0.05) is 44.5 Å². The zero-order valence-corrected chi connectivity index (χ0v) is 16.9. The van der Waals surface area contributed by atoms with Crippen molar-refractivity contribution in [2.45, 2.75) is 25.7 Å². The molecule has 0 radical (unpaired) electrons. The summed E-state index contributed by atoms with van der Waals surface area (Å²) in [5.41, 5.74) is 0.655. The number of anilines is 2. The molecule has 7 nitrogen and oxygen atoms in total. The van der Waals surface area contributed by atoms with Gasteiger partial charge in [0.05, 0.1) is 10.6 Å². The molecule has 29 heavy (non-hydrogen) atoms. The van der Waals surface area contributed by atoms with E-state index >= 15 is 0 Å². The van der Waals surface area contributed by atoms with Gasteiger partial charge in [-0.3, -0.25) is 9.59 Å². The minimum atomic E-state index is -0.136. The van der Waals surface area contributed by atoms with Crippen LogP contribution in [0, 0.1) is 5.92 Å². The van der Waals surface area contributed by atoms with Gasteiger partial charge in [-0.05, 0) is 49.9 Å². The van der Waals surface area contributed by atoms with Crippen molar-refractivity contribution in [3.8, 4) is 0 Å². The Balaban J connectivity index is 1.36. The number of hydrogen-bond acceptors (Lipinski definition) is 5. The molecule has 0 aliphatic carbocycles. The summed E-state index contributed by atoms with van der Waals surface area (Å²) < 4.78 is 0. The Morgan fingerprint density at radius 3 is 2.48 bits per heavy atom. The fraction of sp³-hybridized carbons (Fsp3) is 0.429. The fourth-order valence-electron chi connectivity index (χ4n) is 3.94.